The first-order chi connectivity index (χ1) is 9.29. The molecule has 0 aliphatic carbocycles. The summed E-state index contributed by atoms with van der Waals surface area (Å²) >= 11 is 0. The third-order valence-corrected chi connectivity index (χ3v) is 3.27. The molecule has 1 aromatic carbocycles. The molecule has 0 saturated carbocycles. The van der Waals surface area contributed by atoms with Gasteiger partial charge in [-0.25, -0.2) is 0 Å². The standard InChI is InChI=1S/C15H21N3O/c1-16-13(8-9-14-10-11-17-18(14)2)12-19-15-6-4-3-5-7-15/h3-7,10-11,13,16H,8-9,12H2,1-2H3. The highest BCUT2D eigenvalue weighted by Gasteiger charge is 2.09. The molecule has 2 rings (SSSR count). The lowest BCUT2D eigenvalue weighted by molar-refractivity contribution is 0.263. The zero-order valence-electron chi connectivity index (χ0n) is 11.5. The van der Waals surface area contributed by atoms with Crippen molar-refractivity contribution in [2.45, 2.75) is 18.9 Å². The van der Waals surface area contributed by atoms with Gasteiger partial charge in [0.1, 0.15) is 12.4 Å². The summed E-state index contributed by atoms with van der Waals surface area (Å²) in [4.78, 5) is 0. The fourth-order valence-corrected chi connectivity index (χ4v) is 1.99. The molecule has 1 aromatic heterocycles. The van der Waals surface area contributed by atoms with Crippen molar-refractivity contribution < 1.29 is 4.74 Å². The molecule has 0 spiro atoms. The van der Waals surface area contributed by atoms with E-state index >= 15 is 0 Å². The first kappa shape index (κ1) is 13.6. The number of aromatic nitrogens is 2. The summed E-state index contributed by atoms with van der Waals surface area (Å²) in [5, 5.41) is 7.48. The molecule has 4 nitrogen and oxygen atoms in total. The molecule has 1 N–H and O–H groups in total. The topological polar surface area (TPSA) is 39.1 Å². The lowest BCUT2D eigenvalue weighted by Gasteiger charge is -2.17. The van der Waals surface area contributed by atoms with Crippen molar-refractivity contribution in [2.75, 3.05) is 13.7 Å². The fraction of sp³-hybridized carbons (Fsp3) is 0.400. The molecular weight excluding hydrogens is 238 g/mol. The summed E-state index contributed by atoms with van der Waals surface area (Å²) < 4.78 is 7.70. The number of aryl methyl sites for hydroxylation is 2. The maximum atomic E-state index is 5.77. The van der Waals surface area contributed by atoms with E-state index < -0.39 is 0 Å². The van der Waals surface area contributed by atoms with Gasteiger partial charge in [0.25, 0.3) is 0 Å². The summed E-state index contributed by atoms with van der Waals surface area (Å²) in [6, 6.07) is 12.3. The highest BCUT2D eigenvalue weighted by molar-refractivity contribution is 5.20. The van der Waals surface area contributed by atoms with Gasteiger partial charge in [0.05, 0.1) is 0 Å². The van der Waals surface area contributed by atoms with Gasteiger partial charge in [0.2, 0.25) is 0 Å². The minimum atomic E-state index is 0.343. The molecule has 1 heterocycles. The Labute approximate surface area is 114 Å². The normalized spacial score (nSPS) is 12.3. The summed E-state index contributed by atoms with van der Waals surface area (Å²) in [6.07, 6.45) is 3.87. The van der Waals surface area contributed by atoms with Crippen LogP contribution in [0.15, 0.2) is 42.6 Å². The number of nitrogens with zero attached hydrogens (tertiary/aromatic N) is 2. The summed E-state index contributed by atoms with van der Waals surface area (Å²) in [5.41, 5.74) is 1.25. The van der Waals surface area contributed by atoms with Crippen molar-refractivity contribution in [3.05, 3.63) is 48.3 Å². The Hall–Kier alpha value is -1.81. The molecule has 2 aromatic rings. The Morgan fingerprint density at radius 2 is 2.05 bits per heavy atom. The van der Waals surface area contributed by atoms with E-state index in [2.05, 4.69) is 16.5 Å². The molecular formula is C15H21N3O. The third-order valence-electron chi connectivity index (χ3n) is 3.27. The molecule has 19 heavy (non-hydrogen) atoms. The number of nitrogens with one attached hydrogen (secondary N) is 1. The van der Waals surface area contributed by atoms with Crippen LogP contribution in [0.25, 0.3) is 0 Å². The van der Waals surface area contributed by atoms with E-state index in [4.69, 9.17) is 4.74 Å². The molecule has 0 saturated heterocycles. The average Bonchev–Trinajstić information content (AvgIpc) is 2.86. The Bertz CT molecular complexity index is 481. The molecule has 0 aliphatic heterocycles. The number of hydrogen-bond donors (Lipinski definition) is 1. The number of rotatable bonds is 7. The Morgan fingerprint density at radius 1 is 1.26 bits per heavy atom. The van der Waals surface area contributed by atoms with Gasteiger partial charge >= 0.3 is 0 Å². The van der Waals surface area contributed by atoms with Gasteiger partial charge < -0.3 is 10.1 Å². The molecule has 0 aliphatic rings. The van der Waals surface area contributed by atoms with E-state index in [-0.39, 0.29) is 0 Å². The van der Waals surface area contributed by atoms with Crippen LogP contribution in [0, 0.1) is 0 Å². The van der Waals surface area contributed by atoms with Crippen LogP contribution >= 0.6 is 0 Å². The van der Waals surface area contributed by atoms with E-state index in [1.54, 1.807) is 0 Å². The van der Waals surface area contributed by atoms with Gasteiger partial charge in [-0.05, 0) is 38.1 Å². The van der Waals surface area contributed by atoms with Crippen LogP contribution in [0.2, 0.25) is 0 Å². The monoisotopic (exact) mass is 259 g/mol. The molecule has 0 radical (unpaired) electrons. The van der Waals surface area contributed by atoms with Crippen molar-refractivity contribution in [3.63, 3.8) is 0 Å². The van der Waals surface area contributed by atoms with Crippen molar-refractivity contribution in [1.29, 1.82) is 0 Å². The highest BCUT2D eigenvalue weighted by atomic mass is 16.5. The zero-order chi connectivity index (χ0) is 13.5. The van der Waals surface area contributed by atoms with E-state index in [0.717, 1.165) is 18.6 Å². The fourth-order valence-electron chi connectivity index (χ4n) is 1.99. The first-order valence-electron chi connectivity index (χ1n) is 6.61. The smallest absolute Gasteiger partial charge is 0.119 e. The van der Waals surface area contributed by atoms with Gasteiger partial charge in [-0.15, -0.1) is 0 Å². The number of para-hydroxylation sites is 1. The van der Waals surface area contributed by atoms with Gasteiger partial charge in [-0.1, -0.05) is 18.2 Å². The van der Waals surface area contributed by atoms with Crippen LogP contribution in [0.5, 0.6) is 5.75 Å². The zero-order valence-corrected chi connectivity index (χ0v) is 11.5. The van der Waals surface area contributed by atoms with Crippen LogP contribution < -0.4 is 10.1 Å². The summed E-state index contributed by atoms with van der Waals surface area (Å²) in [5.74, 6) is 0.920. The molecule has 1 atom stereocenters. The van der Waals surface area contributed by atoms with Gasteiger partial charge in [-0.3, -0.25) is 4.68 Å². The second-order valence-electron chi connectivity index (χ2n) is 4.59. The number of ether oxygens (including phenoxy) is 1. The van der Waals surface area contributed by atoms with Gasteiger partial charge in [0, 0.05) is 25.0 Å². The predicted molar refractivity (Wildman–Crippen MR) is 76.3 cm³/mol. The number of benzene rings is 1. The largest absolute Gasteiger partial charge is 0.492 e. The van der Waals surface area contributed by atoms with Crippen LogP contribution in [0.1, 0.15) is 12.1 Å². The summed E-state index contributed by atoms with van der Waals surface area (Å²) in [6.45, 7) is 0.679. The van der Waals surface area contributed by atoms with Crippen molar-refractivity contribution in [3.8, 4) is 5.75 Å². The highest BCUT2D eigenvalue weighted by Crippen LogP contribution is 2.10. The lowest BCUT2D eigenvalue weighted by atomic mass is 10.1. The van der Waals surface area contributed by atoms with Crippen molar-refractivity contribution in [2.24, 2.45) is 7.05 Å². The molecule has 0 fully saturated rings. The van der Waals surface area contributed by atoms with Crippen LogP contribution in [0.4, 0.5) is 0 Å². The molecule has 0 bridgehead atoms. The van der Waals surface area contributed by atoms with E-state index in [9.17, 15) is 0 Å². The molecule has 102 valence electrons. The average molecular weight is 259 g/mol. The van der Waals surface area contributed by atoms with E-state index in [1.807, 2.05) is 55.3 Å². The maximum absolute atomic E-state index is 5.77. The van der Waals surface area contributed by atoms with Gasteiger partial charge in [0.15, 0.2) is 0 Å². The minimum Gasteiger partial charge on any atom is -0.492 e. The second kappa shape index (κ2) is 6.95. The molecule has 4 heteroatoms. The first-order valence-corrected chi connectivity index (χ1v) is 6.61. The molecule has 1 unspecified atom stereocenters. The Balaban J connectivity index is 1.79. The predicted octanol–water partition coefficient (Wildman–Crippen LogP) is 2.02. The Kier molecular flexibility index (Phi) is 4.98. The van der Waals surface area contributed by atoms with Crippen LogP contribution in [-0.2, 0) is 13.5 Å². The second-order valence-corrected chi connectivity index (χ2v) is 4.59. The SMILES string of the molecule is CNC(CCc1ccnn1C)COc1ccccc1. The lowest BCUT2D eigenvalue weighted by Crippen LogP contribution is -2.32. The maximum Gasteiger partial charge on any atom is 0.119 e. The van der Waals surface area contributed by atoms with Crippen molar-refractivity contribution in [1.82, 2.24) is 15.1 Å². The van der Waals surface area contributed by atoms with Crippen LogP contribution in [-0.4, -0.2) is 29.5 Å². The Morgan fingerprint density at radius 3 is 2.68 bits per heavy atom. The number of hydrogen-bond acceptors (Lipinski definition) is 3. The summed E-state index contributed by atoms with van der Waals surface area (Å²) in [7, 11) is 3.95. The van der Waals surface area contributed by atoms with Crippen molar-refractivity contribution >= 4 is 0 Å². The van der Waals surface area contributed by atoms with Crippen LogP contribution in [0.3, 0.4) is 0 Å². The van der Waals surface area contributed by atoms with E-state index in [0.29, 0.717) is 12.6 Å². The quantitative estimate of drug-likeness (QED) is 0.827. The minimum absolute atomic E-state index is 0.343. The van der Waals surface area contributed by atoms with E-state index in [1.165, 1.54) is 5.69 Å². The van der Waals surface area contributed by atoms with Gasteiger partial charge in [-0.2, -0.15) is 5.10 Å². The third kappa shape index (κ3) is 4.10. The molecule has 0 amide bonds. The number of likely N-dealkylation sites (N-methyl/N-ethyl adjacent to an activating group) is 1.